The molecule has 0 spiro atoms. The van der Waals surface area contributed by atoms with Gasteiger partial charge in [0.05, 0.1) is 0 Å². The molecule has 5 heteroatoms. The monoisotopic (exact) mass is 263 g/mol. The van der Waals surface area contributed by atoms with Gasteiger partial charge in [0.1, 0.15) is 11.4 Å². The maximum absolute atomic E-state index is 13.8. The van der Waals surface area contributed by atoms with Crippen molar-refractivity contribution in [1.29, 1.82) is 0 Å². The average Bonchev–Trinajstić information content (AvgIpc) is 2.76. The summed E-state index contributed by atoms with van der Waals surface area (Å²) in [7, 11) is 0. The molecule has 0 atom stereocenters. The zero-order valence-electron chi connectivity index (χ0n) is 10.7. The summed E-state index contributed by atoms with van der Waals surface area (Å²) in [6.07, 6.45) is 0.221. The molecule has 0 fully saturated rings. The molecular formula is C14H14FNO3. The summed E-state index contributed by atoms with van der Waals surface area (Å²) in [5.41, 5.74) is 0.497. The van der Waals surface area contributed by atoms with Crippen LogP contribution in [0.15, 0.2) is 34.9 Å². The fraction of sp³-hybridized carbons (Fsp3) is 0.286. The van der Waals surface area contributed by atoms with Crippen LogP contribution >= 0.6 is 0 Å². The Balaban J connectivity index is 2.41. The van der Waals surface area contributed by atoms with Crippen LogP contribution in [0.4, 0.5) is 4.39 Å². The van der Waals surface area contributed by atoms with E-state index in [2.05, 4.69) is 5.16 Å². The number of nitrogens with zero attached hydrogens (tertiary/aromatic N) is 1. The van der Waals surface area contributed by atoms with Crippen molar-refractivity contribution in [2.75, 3.05) is 0 Å². The van der Waals surface area contributed by atoms with E-state index in [9.17, 15) is 9.18 Å². The molecule has 2 aromatic rings. The minimum Gasteiger partial charge on any atom is -0.475 e. The summed E-state index contributed by atoms with van der Waals surface area (Å²) in [6, 6.07) is 8.50. The first-order valence-corrected chi connectivity index (χ1v) is 5.84. The van der Waals surface area contributed by atoms with Gasteiger partial charge in [0.25, 0.3) is 0 Å². The molecule has 0 aliphatic rings. The lowest BCUT2D eigenvalue weighted by Gasteiger charge is -2.15. The van der Waals surface area contributed by atoms with Gasteiger partial charge in [-0.3, -0.25) is 0 Å². The second kappa shape index (κ2) is 4.84. The predicted molar refractivity (Wildman–Crippen MR) is 67.8 cm³/mol. The number of carbonyl (C=O) groups is 1. The Labute approximate surface area is 109 Å². The second-order valence-corrected chi connectivity index (χ2v) is 4.93. The summed E-state index contributed by atoms with van der Waals surface area (Å²) >= 11 is 0. The molecule has 100 valence electrons. The summed E-state index contributed by atoms with van der Waals surface area (Å²) in [6.45, 7) is 2.99. The topological polar surface area (TPSA) is 63.3 Å². The van der Waals surface area contributed by atoms with Crippen molar-refractivity contribution in [2.45, 2.75) is 25.9 Å². The minimum atomic E-state index is -1.35. The van der Waals surface area contributed by atoms with Crippen molar-refractivity contribution in [3.8, 4) is 11.3 Å². The van der Waals surface area contributed by atoms with Crippen molar-refractivity contribution in [1.82, 2.24) is 5.16 Å². The summed E-state index contributed by atoms with van der Waals surface area (Å²) in [5.74, 6) is -1.41. The van der Waals surface area contributed by atoms with E-state index in [-0.39, 0.29) is 12.2 Å². The lowest BCUT2D eigenvalue weighted by atomic mass is 9.94. The molecule has 0 amide bonds. The highest BCUT2D eigenvalue weighted by atomic mass is 19.1. The van der Waals surface area contributed by atoms with Crippen molar-refractivity contribution < 1.29 is 18.8 Å². The highest BCUT2D eigenvalue weighted by Crippen LogP contribution is 2.27. The molecule has 0 unspecified atom stereocenters. The van der Waals surface area contributed by atoms with Gasteiger partial charge in [-0.1, -0.05) is 29.4 Å². The van der Waals surface area contributed by atoms with E-state index in [0.717, 1.165) is 5.56 Å². The maximum atomic E-state index is 13.8. The maximum Gasteiger partial charge on any atom is 0.374 e. The Hall–Kier alpha value is -2.17. The van der Waals surface area contributed by atoms with Crippen LogP contribution in [-0.4, -0.2) is 21.9 Å². The molecule has 0 saturated carbocycles. The third-order valence-corrected chi connectivity index (χ3v) is 2.63. The number of halogens is 1. The Kier molecular flexibility index (Phi) is 3.38. The predicted octanol–water partition coefficient (Wildman–Crippen LogP) is 3.33. The van der Waals surface area contributed by atoms with E-state index in [0.29, 0.717) is 11.3 Å². The Morgan fingerprint density at radius 3 is 2.68 bits per heavy atom. The third-order valence-electron chi connectivity index (χ3n) is 2.63. The van der Waals surface area contributed by atoms with Crippen LogP contribution in [0.2, 0.25) is 0 Å². The van der Waals surface area contributed by atoms with E-state index in [4.69, 9.17) is 9.63 Å². The zero-order valence-corrected chi connectivity index (χ0v) is 10.7. The molecule has 1 aromatic carbocycles. The molecule has 1 aromatic heterocycles. The second-order valence-electron chi connectivity index (χ2n) is 4.93. The quantitative estimate of drug-likeness (QED) is 0.919. The fourth-order valence-corrected chi connectivity index (χ4v) is 1.88. The number of aromatic nitrogens is 1. The van der Waals surface area contributed by atoms with Gasteiger partial charge in [-0.15, -0.1) is 0 Å². The number of hydrogen-bond donors (Lipinski definition) is 1. The van der Waals surface area contributed by atoms with Crippen LogP contribution in [0.3, 0.4) is 0 Å². The first-order chi connectivity index (χ1) is 8.87. The molecule has 2 rings (SSSR count). The molecule has 0 aliphatic heterocycles. The highest BCUT2D eigenvalue weighted by molar-refractivity contribution is 5.85. The Morgan fingerprint density at radius 2 is 2.11 bits per heavy atom. The van der Waals surface area contributed by atoms with Gasteiger partial charge in [-0.05, 0) is 19.4 Å². The lowest BCUT2D eigenvalue weighted by Crippen LogP contribution is -2.16. The number of carboxylic acid groups (broad SMARTS) is 1. The Morgan fingerprint density at radius 1 is 1.42 bits per heavy atom. The van der Waals surface area contributed by atoms with Crippen molar-refractivity contribution in [2.24, 2.45) is 0 Å². The number of rotatable bonds is 4. The SMILES string of the molecule is CC(C)(F)Cc1ccccc1-c1cc(C(=O)O)on1. The molecule has 1 heterocycles. The summed E-state index contributed by atoms with van der Waals surface area (Å²) in [4.78, 5) is 10.8. The number of alkyl halides is 1. The first kappa shape index (κ1) is 13.3. The lowest BCUT2D eigenvalue weighted by molar-refractivity contribution is 0.0652. The Bertz CT molecular complexity index is 599. The molecule has 19 heavy (non-hydrogen) atoms. The van der Waals surface area contributed by atoms with Crippen molar-refractivity contribution in [3.05, 3.63) is 41.7 Å². The molecule has 4 nitrogen and oxygen atoms in total. The first-order valence-electron chi connectivity index (χ1n) is 5.84. The van der Waals surface area contributed by atoms with Gasteiger partial charge in [0.15, 0.2) is 0 Å². The summed E-state index contributed by atoms with van der Waals surface area (Å²) < 4.78 is 18.5. The van der Waals surface area contributed by atoms with Crippen molar-refractivity contribution in [3.63, 3.8) is 0 Å². The van der Waals surface area contributed by atoms with E-state index in [1.807, 2.05) is 6.07 Å². The number of aromatic carboxylic acids is 1. The van der Waals surface area contributed by atoms with Crippen LogP contribution in [0.1, 0.15) is 30.0 Å². The normalized spacial score (nSPS) is 11.5. The highest BCUT2D eigenvalue weighted by Gasteiger charge is 2.20. The average molecular weight is 263 g/mol. The standard InChI is InChI=1S/C14H14FNO3/c1-14(2,15)8-9-5-3-4-6-10(9)11-7-12(13(17)18)19-16-11/h3-7H,8H2,1-2H3,(H,17,18). The molecular weight excluding hydrogens is 249 g/mol. The number of benzene rings is 1. The van der Waals surface area contributed by atoms with Crippen molar-refractivity contribution >= 4 is 5.97 Å². The van der Waals surface area contributed by atoms with Gasteiger partial charge in [-0.2, -0.15) is 0 Å². The summed E-state index contributed by atoms with van der Waals surface area (Å²) in [5, 5.41) is 12.5. The largest absolute Gasteiger partial charge is 0.475 e. The molecule has 0 radical (unpaired) electrons. The van der Waals surface area contributed by atoms with Gasteiger partial charge < -0.3 is 9.63 Å². The van der Waals surface area contributed by atoms with Crippen LogP contribution in [-0.2, 0) is 6.42 Å². The van der Waals surface area contributed by atoms with Crippen LogP contribution in [0.25, 0.3) is 11.3 Å². The number of carboxylic acids is 1. The third kappa shape index (κ3) is 3.19. The van der Waals surface area contributed by atoms with Gasteiger partial charge in [0.2, 0.25) is 5.76 Å². The van der Waals surface area contributed by atoms with E-state index < -0.39 is 11.6 Å². The fourth-order valence-electron chi connectivity index (χ4n) is 1.88. The van der Waals surface area contributed by atoms with E-state index in [1.165, 1.54) is 19.9 Å². The van der Waals surface area contributed by atoms with Gasteiger partial charge in [0, 0.05) is 18.1 Å². The molecule has 0 saturated heterocycles. The van der Waals surface area contributed by atoms with Gasteiger partial charge in [-0.25, -0.2) is 9.18 Å². The van der Waals surface area contributed by atoms with E-state index >= 15 is 0 Å². The minimum absolute atomic E-state index is 0.221. The smallest absolute Gasteiger partial charge is 0.374 e. The van der Waals surface area contributed by atoms with Crippen LogP contribution in [0.5, 0.6) is 0 Å². The molecule has 0 aliphatic carbocycles. The molecule has 0 bridgehead atoms. The molecule has 1 N–H and O–H groups in total. The van der Waals surface area contributed by atoms with Gasteiger partial charge >= 0.3 is 5.97 Å². The van der Waals surface area contributed by atoms with Crippen LogP contribution < -0.4 is 0 Å². The number of hydrogen-bond acceptors (Lipinski definition) is 3. The van der Waals surface area contributed by atoms with Crippen LogP contribution in [0, 0.1) is 0 Å². The van der Waals surface area contributed by atoms with E-state index in [1.54, 1.807) is 18.2 Å². The zero-order chi connectivity index (χ0) is 14.0.